The van der Waals surface area contributed by atoms with Crippen molar-refractivity contribution in [1.29, 1.82) is 0 Å². The van der Waals surface area contributed by atoms with Crippen LogP contribution in [0.5, 0.6) is 0 Å². The van der Waals surface area contributed by atoms with Crippen molar-refractivity contribution in [2.24, 2.45) is 10.7 Å². The average molecular weight is 304 g/mol. The van der Waals surface area contributed by atoms with Gasteiger partial charge >= 0.3 is 0 Å². The molecule has 0 unspecified atom stereocenters. The van der Waals surface area contributed by atoms with Crippen LogP contribution in [0.1, 0.15) is 31.9 Å². The second kappa shape index (κ2) is 7.61. The Morgan fingerprint density at radius 3 is 2.50 bits per heavy atom. The van der Waals surface area contributed by atoms with Crippen molar-refractivity contribution in [3.63, 3.8) is 0 Å². The minimum atomic E-state index is -0.0685. The molecule has 1 fully saturated rings. The maximum atomic E-state index is 5.95. The number of nitrogens with one attached hydrogen (secondary N) is 1. The maximum Gasteiger partial charge on any atom is 0.189 e. The molecule has 0 saturated carbocycles. The number of nitrogens with zero attached hydrogens (tertiary/aromatic N) is 2. The lowest BCUT2D eigenvalue weighted by Gasteiger charge is -2.27. The van der Waals surface area contributed by atoms with Crippen LogP contribution >= 0.6 is 0 Å². The first-order chi connectivity index (χ1) is 10.4. The minimum Gasteiger partial charge on any atom is -0.379 e. The van der Waals surface area contributed by atoms with Gasteiger partial charge in [0.1, 0.15) is 0 Å². The predicted molar refractivity (Wildman–Crippen MR) is 90.8 cm³/mol. The van der Waals surface area contributed by atoms with Crippen LogP contribution in [0.25, 0.3) is 0 Å². The molecule has 0 aromatic heterocycles. The summed E-state index contributed by atoms with van der Waals surface area (Å²) >= 11 is 0. The van der Waals surface area contributed by atoms with Gasteiger partial charge in [-0.2, -0.15) is 0 Å². The summed E-state index contributed by atoms with van der Waals surface area (Å²) in [6.07, 6.45) is 0. The van der Waals surface area contributed by atoms with Crippen molar-refractivity contribution < 1.29 is 4.74 Å². The highest BCUT2D eigenvalue weighted by molar-refractivity contribution is 5.78. The van der Waals surface area contributed by atoms with Gasteiger partial charge in [0, 0.05) is 25.2 Å². The van der Waals surface area contributed by atoms with E-state index in [4.69, 9.17) is 10.5 Å². The van der Waals surface area contributed by atoms with Crippen LogP contribution in [0.15, 0.2) is 29.3 Å². The Labute approximate surface area is 133 Å². The van der Waals surface area contributed by atoms with Crippen LogP contribution in [0.4, 0.5) is 0 Å². The summed E-state index contributed by atoms with van der Waals surface area (Å²) in [6.45, 7) is 11.4. The van der Waals surface area contributed by atoms with Gasteiger partial charge in [-0.1, -0.05) is 24.3 Å². The molecule has 1 aromatic carbocycles. The van der Waals surface area contributed by atoms with Gasteiger partial charge in [0.2, 0.25) is 0 Å². The summed E-state index contributed by atoms with van der Waals surface area (Å²) < 4.78 is 5.40. The topological polar surface area (TPSA) is 62.9 Å². The lowest BCUT2D eigenvalue weighted by atomic mass is 10.1. The smallest absolute Gasteiger partial charge is 0.189 e. The Bertz CT molecular complexity index is 502. The van der Waals surface area contributed by atoms with E-state index in [1.165, 1.54) is 11.1 Å². The monoisotopic (exact) mass is 304 g/mol. The normalized spacial score (nSPS) is 17.5. The second-order valence-corrected chi connectivity index (χ2v) is 6.73. The number of guanidine groups is 1. The van der Waals surface area contributed by atoms with Crippen LogP contribution in [0.3, 0.4) is 0 Å². The van der Waals surface area contributed by atoms with E-state index < -0.39 is 0 Å². The molecule has 0 aliphatic carbocycles. The van der Waals surface area contributed by atoms with Crippen LogP contribution in [-0.4, -0.2) is 42.7 Å². The average Bonchev–Trinajstić information content (AvgIpc) is 2.46. The molecule has 0 atom stereocenters. The van der Waals surface area contributed by atoms with Crippen molar-refractivity contribution in [2.45, 2.75) is 39.4 Å². The summed E-state index contributed by atoms with van der Waals surface area (Å²) in [4.78, 5) is 6.89. The zero-order chi connectivity index (χ0) is 16.0. The molecule has 2 rings (SSSR count). The SMILES string of the molecule is CC(C)(C)NC(N)=NCc1ccccc1CN1CCOCC1. The summed E-state index contributed by atoms with van der Waals surface area (Å²) in [6, 6.07) is 8.44. The van der Waals surface area contributed by atoms with Gasteiger partial charge in [-0.15, -0.1) is 0 Å². The van der Waals surface area contributed by atoms with Gasteiger partial charge in [0.15, 0.2) is 5.96 Å². The highest BCUT2D eigenvalue weighted by atomic mass is 16.5. The molecule has 1 aliphatic heterocycles. The van der Waals surface area contributed by atoms with E-state index in [2.05, 4.69) is 60.2 Å². The first-order valence-electron chi connectivity index (χ1n) is 7.89. The number of hydrogen-bond donors (Lipinski definition) is 2. The standard InChI is InChI=1S/C17H28N4O/c1-17(2,3)20-16(18)19-12-14-6-4-5-7-15(14)13-21-8-10-22-11-9-21/h4-7H,8-13H2,1-3H3,(H3,18,19,20). The van der Waals surface area contributed by atoms with Crippen molar-refractivity contribution in [1.82, 2.24) is 10.2 Å². The molecule has 5 nitrogen and oxygen atoms in total. The lowest BCUT2D eigenvalue weighted by Crippen LogP contribution is -2.45. The van der Waals surface area contributed by atoms with Gasteiger partial charge in [0.25, 0.3) is 0 Å². The molecule has 22 heavy (non-hydrogen) atoms. The van der Waals surface area contributed by atoms with Crippen LogP contribution in [-0.2, 0) is 17.8 Å². The Balaban J connectivity index is 2.00. The Morgan fingerprint density at radius 1 is 1.23 bits per heavy atom. The number of ether oxygens (including phenoxy) is 1. The number of morpholine rings is 1. The van der Waals surface area contributed by atoms with Crippen molar-refractivity contribution in [2.75, 3.05) is 26.3 Å². The minimum absolute atomic E-state index is 0.0685. The first kappa shape index (κ1) is 16.8. The third-order valence-electron chi connectivity index (χ3n) is 3.54. The number of nitrogens with two attached hydrogens (primary N) is 1. The lowest BCUT2D eigenvalue weighted by molar-refractivity contribution is 0.0341. The fourth-order valence-electron chi connectivity index (χ4n) is 2.46. The van der Waals surface area contributed by atoms with E-state index in [9.17, 15) is 0 Å². The quantitative estimate of drug-likeness (QED) is 0.657. The van der Waals surface area contributed by atoms with Crippen LogP contribution < -0.4 is 11.1 Å². The van der Waals surface area contributed by atoms with E-state index in [-0.39, 0.29) is 5.54 Å². The Hall–Kier alpha value is -1.59. The fraction of sp³-hybridized carbons (Fsp3) is 0.588. The molecule has 0 amide bonds. The highest BCUT2D eigenvalue weighted by Crippen LogP contribution is 2.14. The van der Waals surface area contributed by atoms with Gasteiger partial charge in [-0.25, -0.2) is 4.99 Å². The predicted octanol–water partition coefficient (Wildman–Crippen LogP) is 1.72. The molecule has 1 saturated heterocycles. The summed E-state index contributed by atoms with van der Waals surface area (Å²) in [5, 5.41) is 3.19. The zero-order valence-electron chi connectivity index (χ0n) is 13.9. The van der Waals surface area contributed by atoms with E-state index in [1.807, 2.05) is 0 Å². The summed E-state index contributed by atoms with van der Waals surface area (Å²) in [7, 11) is 0. The van der Waals surface area contributed by atoms with Gasteiger partial charge in [-0.05, 0) is 31.9 Å². The second-order valence-electron chi connectivity index (χ2n) is 6.73. The Kier molecular flexibility index (Phi) is 5.80. The third kappa shape index (κ3) is 5.66. The molecule has 0 spiro atoms. The molecule has 0 radical (unpaired) electrons. The molecule has 1 heterocycles. The number of hydrogen-bond acceptors (Lipinski definition) is 3. The summed E-state index contributed by atoms with van der Waals surface area (Å²) in [5.74, 6) is 0.494. The highest BCUT2D eigenvalue weighted by Gasteiger charge is 2.13. The van der Waals surface area contributed by atoms with E-state index in [0.717, 1.165) is 32.8 Å². The van der Waals surface area contributed by atoms with Crippen molar-refractivity contribution in [3.8, 4) is 0 Å². The molecule has 122 valence electrons. The fourth-order valence-corrected chi connectivity index (χ4v) is 2.46. The maximum absolute atomic E-state index is 5.95. The molecular weight excluding hydrogens is 276 g/mol. The largest absolute Gasteiger partial charge is 0.379 e. The number of benzene rings is 1. The van der Waals surface area contributed by atoms with Gasteiger partial charge < -0.3 is 15.8 Å². The molecule has 0 bridgehead atoms. The van der Waals surface area contributed by atoms with Gasteiger partial charge in [-0.3, -0.25) is 4.90 Å². The van der Waals surface area contributed by atoms with Crippen LogP contribution in [0, 0.1) is 0 Å². The Morgan fingerprint density at radius 2 is 1.86 bits per heavy atom. The van der Waals surface area contributed by atoms with Crippen molar-refractivity contribution >= 4 is 5.96 Å². The third-order valence-corrected chi connectivity index (χ3v) is 3.54. The number of aliphatic imine (C=N–C) groups is 1. The molecular formula is C17H28N4O. The first-order valence-corrected chi connectivity index (χ1v) is 7.89. The van der Waals surface area contributed by atoms with Gasteiger partial charge in [0.05, 0.1) is 19.8 Å². The zero-order valence-corrected chi connectivity index (χ0v) is 13.9. The van der Waals surface area contributed by atoms with Crippen LogP contribution in [0.2, 0.25) is 0 Å². The van der Waals surface area contributed by atoms with E-state index in [1.54, 1.807) is 0 Å². The van der Waals surface area contributed by atoms with E-state index in [0.29, 0.717) is 12.5 Å². The molecule has 1 aromatic rings. The molecule has 3 N–H and O–H groups in total. The van der Waals surface area contributed by atoms with E-state index >= 15 is 0 Å². The van der Waals surface area contributed by atoms with Crippen molar-refractivity contribution in [3.05, 3.63) is 35.4 Å². The molecule has 5 heteroatoms. The number of rotatable bonds is 4. The molecule has 1 aliphatic rings. The summed E-state index contributed by atoms with van der Waals surface area (Å²) in [5.41, 5.74) is 8.43.